The van der Waals surface area contributed by atoms with E-state index >= 15 is 0 Å². The third-order valence-corrected chi connectivity index (χ3v) is 3.45. The van der Waals surface area contributed by atoms with Crippen molar-refractivity contribution in [2.45, 2.75) is 66.4 Å². The van der Waals surface area contributed by atoms with E-state index in [1.807, 2.05) is 13.8 Å². The lowest BCUT2D eigenvalue weighted by Crippen LogP contribution is -2.34. The first-order valence-electron chi connectivity index (χ1n) is 6.67. The standard InChI is InChI=1S/C14H28O3.H3N/c1-6-7-8-9-11(2)14(4,5)13(16)17-10-12(3)15;/h11-12,15H,6-10H2,1-5H3;1H3. The number of hydrogen-bond donors (Lipinski definition) is 2. The molecule has 2 unspecified atom stereocenters. The van der Waals surface area contributed by atoms with Gasteiger partial charge in [0.25, 0.3) is 0 Å². The van der Waals surface area contributed by atoms with Gasteiger partial charge in [-0.05, 0) is 33.1 Å². The van der Waals surface area contributed by atoms with Gasteiger partial charge in [0.15, 0.2) is 0 Å². The first kappa shape index (κ1) is 19.7. The van der Waals surface area contributed by atoms with Gasteiger partial charge in [0.05, 0.1) is 11.5 Å². The highest BCUT2D eigenvalue weighted by molar-refractivity contribution is 5.76. The zero-order chi connectivity index (χ0) is 13.5. The highest BCUT2D eigenvalue weighted by Crippen LogP contribution is 2.32. The van der Waals surface area contributed by atoms with E-state index < -0.39 is 11.5 Å². The molecular weight excluding hydrogens is 230 g/mol. The average Bonchev–Trinajstić information content (AvgIpc) is 2.25. The smallest absolute Gasteiger partial charge is 0.311 e. The van der Waals surface area contributed by atoms with Gasteiger partial charge < -0.3 is 16.0 Å². The molecule has 0 saturated carbocycles. The summed E-state index contributed by atoms with van der Waals surface area (Å²) in [5.74, 6) is 0.0953. The topological polar surface area (TPSA) is 81.5 Å². The van der Waals surface area contributed by atoms with Gasteiger partial charge in [-0.3, -0.25) is 4.79 Å². The van der Waals surface area contributed by atoms with Crippen molar-refractivity contribution in [1.82, 2.24) is 6.15 Å². The van der Waals surface area contributed by atoms with Crippen LogP contribution >= 0.6 is 0 Å². The quantitative estimate of drug-likeness (QED) is 0.519. The van der Waals surface area contributed by atoms with Crippen LogP contribution in [0.4, 0.5) is 0 Å². The van der Waals surface area contributed by atoms with E-state index in [9.17, 15) is 4.79 Å². The fraction of sp³-hybridized carbons (Fsp3) is 0.929. The van der Waals surface area contributed by atoms with Crippen molar-refractivity contribution in [3.8, 4) is 0 Å². The molecule has 0 saturated heterocycles. The van der Waals surface area contributed by atoms with Gasteiger partial charge in [0.1, 0.15) is 6.61 Å². The normalized spacial score (nSPS) is 14.6. The molecule has 0 rings (SSSR count). The molecule has 0 heterocycles. The summed E-state index contributed by atoms with van der Waals surface area (Å²) in [4.78, 5) is 11.9. The van der Waals surface area contributed by atoms with Crippen molar-refractivity contribution in [3.05, 3.63) is 0 Å². The van der Waals surface area contributed by atoms with Crippen LogP contribution in [-0.4, -0.2) is 23.8 Å². The molecule has 4 heteroatoms. The van der Waals surface area contributed by atoms with Crippen molar-refractivity contribution in [3.63, 3.8) is 0 Å². The Labute approximate surface area is 112 Å². The second-order valence-corrected chi connectivity index (χ2v) is 5.57. The van der Waals surface area contributed by atoms with Crippen LogP contribution in [0.25, 0.3) is 0 Å². The number of aliphatic hydroxyl groups is 1. The SMILES string of the molecule is CCCCCC(C)C(C)(C)C(=O)OCC(C)O.N. The lowest BCUT2D eigenvalue weighted by atomic mass is 9.77. The minimum Gasteiger partial charge on any atom is -0.463 e. The zero-order valence-electron chi connectivity index (χ0n) is 12.7. The van der Waals surface area contributed by atoms with E-state index in [2.05, 4.69) is 13.8 Å². The molecule has 0 bridgehead atoms. The van der Waals surface area contributed by atoms with Crippen LogP contribution in [-0.2, 0) is 9.53 Å². The Bertz CT molecular complexity index is 227. The van der Waals surface area contributed by atoms with Crippen LogP contribution in [0.15, 0.2) is 0 Å². The number of rotatable bonds is 8. The predicted molar refractivity (Wildman–Crippen MR) is 74.7 cm³/mol. The molecule has 0 radical (unpaired) electrons. The summed E-state index contributed by atoms with van der Waals surface area (Å²) in [5, 5.41) is 9.10. The number of carbonyl (C=O) groups is 1. The van der Waals surface area contributed by atoms with Gasteiger partial charge in [0, 0.05) is 0 Å². The molecule has 4 nitrogen and oxygen atoms in total. The van der Waals surface area contributed by atoms with Crippen LogP contribution in [0.3, 0.4) is 0 Å². The van der Waals surface area contributed by atoms with E-state index in [0.717, 1.165) is 12.8 Å². The molecular formula is C14H31NO3. The van der Waals surface area contributed by atoms with Gasteiger partial charge >= 0.3 is 5.97 Å². The van der Waals surface area contributed by atoms with E-state index in [0.29, 0.717) is 5.92 Å². The van der Waals surface area contributed by atoms with Gasteiger partial charge in [-0.25, -0.2) is 0 Å². The molecule has 0 aliphatic heterocycles. The molecule has 4 N–H and O–H groups in total. The van der Waals surface area contributed by atoms with Crippen LogP contribution in [0.5, 0.6) is 0 Å². The van der Waals surface area contributed by atoms with E-state index in [1.54, 1.807) is 6.92 Å². The maximum absolute atomic E-state index is 11.9. The summed E-state index contributed by atoms with van der Waals surface area (Å²) in [6.07, 6.45) is 4.02. The average molecular weight is 261 g/mol. The Morgan fingerprint density at radius 1 is 1.28 bits per heavy atom. The van der Waals surface area contributed by atoms with E-state index in [-0.39, 0.29) is 18.7 Å². The Morgan fingerprint density at radius 3 is 2.28 bits per heavy atom. The monoisotopic (exact) mass is 261 g/mol. The predicted octanol–water partition coefficient (Wildman–Crippen LogP) is 3.32. The molecule has 0 aliphatic rings. The third-order valence-electron chi connectivity index (χ3n) is 3.45. The van der Waals surface area contributed by atoms with E-state index in [1.165, 1.54) is 12.8 Å². The third kappa shape index (κ3) is 6.97. The number of aliphatic hydroxyl groups excluding tert-OH is 1. The van der Waals surface area contributed by atoms with Gasteiger partial charge in [-0.1, -0.05) is 33.1 Å². The second kappa shape index (κ2) is 9.34. The van der Waals surface area contributed by atoms with Crippen molar-refractivity contribution in [1.29, 1.82) is 0 Å². The molecule has 110 valence electrons. The highest BCUT2D eigenvalue weighted by atomic mass is 16.5. The summed E-state index contributed by atoms with van der Waals surface area (Å²) in [5.41, 5.74) is -0.470. The number of unbranched alkanes of at least 4 members (excludes halogenated alkanes) is 2. The van der Waals surface area contributed by atoms with E-state index in [4.69, 9.17) is 9.84 Å². The molecule has 0 aromatic carbocycles. The second-order valence-electron chi connectivity index (χ2n) is 5.57. The number of hydrogen-bond acceptors (Lipinski definition) is 4. The zero-order valence-corrected chi connectivity index (χ0v) is 12.7. The van der Waals surface area contributed by atoms with Crippen molar-refractivity contribution in [2.75, 3.05) is 6.61 Å². The lowest BCUT2D eigenvalue weighted by Gasteiger charge is -2.29. The largest absolute Gasteiger partial charge is 0.463 e. The number of esters is 1. The Morgan fingerprint density at radius 2 is 1.83 bits per heavy atom. The molecule has 0 amide bonds. The summed E-state index contributed by atoms with van der Waals surface area (Å²) < 4.78 is 5.11. The number of ether oxygens (including phenoxy) is 1. The van der Waals surface area contributed by atoms with Crippen LogP contribution in [0.2, 0.25) is 0 Å². The van der Waals surface area contributed by atoms with Crippen LogP contribution in [0, 0.1) is 11.3 Å². The Hall–Kier alpha value is -0.610. The molecule has 0 spiro atoms. The summed E-state index contributed by atoms with van der Waals surface area (Å²) in [6, 6.07) is 0. The van der Waals surface area contributed by atoms with Crippen molar-refractivity contribution < 1.29 is 14.6 Å². The molecule has 18 heavy (non-hydrogen) atoms. The van der Waals surface area contributed by atoms with Crippen LogP contribution in [0.1, 0.15) is 60.3 Å². The molecule has 0 fully saturated rings. The maximum Gasteiger partial charge on any atom is 0.311 e. The minimum absolute atomic E-state index is 0. The summed E-state index contributed by atoms with van der Waals surface area (Å²) in [6.45, 7) is 9.82. The highest BCUT2D eigenvalue weighted by Gasteiger charge is 2.35. The van der Waals surface area contributed by atoms with Gasteiger partial charge in [0.2, 0.25) is 0 Å². The first-order chi connectivity index (χ1) is 7.82. The van der Waals surface area contributed by atoms with Crippen molar-refractivity contribution in [2.24, 2.45) is 11.3 Å². The number of carbonyl (C=O) groups excluding carboxylic acids is 1. The van der Waals surface area contributed by atoms with Crippen LogP contribution < -0.4 is 6.15 Å². The lowest BCUT2D eigenvalue weighted by molar-refractivity contribution is -0.159. The Kier molecular flexibility index (Phi) is 10.2. The molecule has 0 aliphatic carbocycles. The summed E-state index contributed by atoms with van der Waals surface area (Å²) in [7, 11) is 0. The summed E-state index contributed by atoms with van der Waals surface area (Å²) >= 11 is 0. The molecule has 0 aromatic rings. The first-order valence-corrected chi connectivity index (χ1v) is 6.67. The van der Waals surface area contributed by atoms with Crippen molar-refractivity contribution >= 4 is 5.97 Å². The van der Waals surface area contributed by atoms with Gasteiger partial charge in [-0.15, -0.1) is 0 Å². The minimum atomic E-state index is -0.592. The van der Waals surface area contributed by atoms with Gasteiger partial charge in [-0.2, -0.15) is 0 Å². The Balaban J connectivity index is 0. The fourth-order valence-electron chi connectivity index (χ4n) is 1.64. The molecule has 2 atom stereocenters. The fourth-order valence-corrected chi connectivity index (χ4v) is 1.64. The maximum atomic E-state index is 11.9. The molecule has 0 aromatic heterocycles.